The van der Waals surface area contributed by atoms with Crippen LogP contribution in [0.3, 0.4) is 0 Å². The number of fused-ring (bicyclic) bond motifs is 3. The molecule has 39 heavy (non-hydrogen) atoms. The van der Waals surface area contributed by atoms with Crippen LogP contribution < -0.4 is 10.3 Å². The number of nitrogens with two attached hydrogens (primary N) is 1. The zero-order chi connectivity index (χ0) is 27.9. The Bertz CT molecular complexity index is 1690. The van der Waals surface area contributed by atoms with Crippen LogP contribution >= 0.6 is 7.82 Å². The molecule has 1 aliphatic rings. The van der Waals surface area contributed by atoms with Crippen LogP contribution in [0.25, 0.3) is 21.9 Å². The van der Waals surface area contributed by atoms with E-state index in [1.54, 1.807) is 12.1 Å². The van der Waals surface area contributed by atoms with Crippen molar-refractivity contribution in [3.05, 3.63) is 65.5 Å². The number of phosphoric acid groups is 1. The summed E-state index contributed by atoms with van der Waals surface area (Å²) < 4.78 is 18.0. The Morgan fingerprint density at radius 2 is 1.77 bits per heavy atom. The van der Waals surface area contributed by atoms with Gasteiger partial charge in [-0.25, -0.2) is 14.5 Å². The van der Waals surface area contributed by atoms with Crippen molar-refractivity contribution in [3.63, 3.8) is 0 Å². The van der Waals surface area contributed by atoms with Crippen LogP contribution in [0.15, 0.2) is 48.6 Å². The first kappa shape index (κ1) is 26.4. The van der Waals surface area contributed by atoms with Crippen LogP contribution in [0.1, 0.15) is 36.7 Å². The summed E-state index contributed by atoms with van der Waals surface area (Å²) in [6.45, 7) is 2.22. The normalized spacial score (nSPS) is 13.8. The van der Waals surface area contributed by atoms with Gasteiger partial charge in [-0.2, -0.15) is 0 Å². The molecule has 0 bridgehead atoms. The molecule has 0 fully saturated rings. The molecular weight excluding hydrogens is 525 g/mol. The molecule has 0 atom stereocenters. The van der Waals surface area contributed by atoms with Crippen LogP contribution in [0.2, 0.25) is 0 Å². The Morgan fingerprint density at radius 3 is 2.46 bits per heavy atom. The number of phenols is 1. The maximum absolute atomic E-state index is 12.1. The first-order valence-electron chi connectivity index (χ1n) is 12.2. The number of imide groups is 1. The third-order valence-corrected chi connectivity index (χ3v) is 6.89. The van der Waals surface area contributed by atoms with Crippen LogP contribution in [0.4, 0.5) is 5.82 Å². The van der Waals surface area contributed by atoms with Crippen molar-refractivity contribution in [2.75, 3.05) is 5.73 Å². The predicted octanol–water partition coefficient (Wildman–Crippen LogP) is 3.16. The lowest BCUT2D eigenvalue weighted by Gasteiger charge is -2.16. The largest absolute Gasteiger partial charge is 0.524 e. The molecular formula is C26H26N5O7P. The first-order valence-corrected chi connectivity index (χ1v) is 13.7. The van der Waals surface area contributed by atoms with E-state index in [4.69, 9.17) is 15.2 Å². The highest BCUT2D eigenvalue weighted by atomic mass is 31.2. The number of carbonyl (C=O) groups excluding carboxylic acids is 2. The number of pyridine rings is 1. The summed E-state index contributed by atoms with van der Waals surface area (Å²) in [6, 6.07) is 9.29. The minimum atomic E-state index is -4.80. The highest BCUT2D eigenvalue weighted by Crippen LogP contribution is 2.39. The summed E-state index contributed by atoms with van der Waals surface area (Å²) >= 11 is 0. The lowest BCUT2D eigenvalue weighted by molar-refractivity contribution is -0.137. The third-order valence-electron chi connectivity index (χ3n) is 6.45. The highest BCUT2D eigenvalue weighted by molar-refractivity contribution is 7.46. The molecule has 5 N–H and O–H groups in total. The minimum Gasteiger partial charge on any atom is -0.508 e. The number of unbranched alkanes of at least 4 members (excludes halogenated alkanes) is 1. The molecule has 1 aliphatic heterocycles. The molecule has 0 unspecified atom stereocenters. The van der Waals surface area contributed by atoms with Crippen LogP contribution in [0.5, 0.6) is 11.5 Å². The van der Waals surface area contributed by atoms with Crippen molar-refractivity contribution in [1.82, 2.24) is 19.4 Å². The number of rotatable bonds is 9. The predicted molar refractivity (Wildman–Crippen MR) is 143 cm³/mol. The Hall–Kier alpha value is -4.25. The maximum atomic E-state index is 12.1. The number of hydrogen-bond acceptors (Lipinski definition) is 8. The van der Waals surface area contributed by atoms with E-state index in [0.29, 0.717) is 45.3 Å². The van der Waals surface area contributed by atoms with Gasteiger partial charge in [0, 0.05) is 29.5 Å². The SMILES string of the molecule is CCCCc1nc2c(N)nc3ccc(CN4C(=O)C=CC4=O)cc3c2n1Cc1cc(OP(=O)(O)O)ccc1O. The highest BCUT2D eigenvalue weighted by Gasteiger charge is 2.24. The number of phenolic OH excluding ortho intramolecular Hbond substituents is 1. The van der Waals surface area contributed by atoms with E-state index >= 15 is 0 Å². The summed E-state index contributed by atoms with van der Waals surface area (Å²) in [5, 5.41) is 11.3. The number of nitrogens with zero attached hydrogens (tertiary/aromatic N) is 4. The molecule has 2 aromatic heterocycles. The second-order valence-corrected chi connectivity index (χ2v) is 10.4. The van der Waals surface area contributed by atoms with Gasteiger partial charge in [-0.05, 0) is 42.3 Å². The number of aryl methyl sites for hydroxylation is 1. The van der Waals surface area contributed by atoms with Crippen molar-refractivity contribution in [2.24, 2.45) is 0 Å². The van der Waals surface area contributed by atoms with Gasteiger partial charge in [-0.15, -0.1) is 0 Å². The van der Waals surface area contributed by atoms with Crippen molar-refractivity contribution >= 4 is 47.4 Å². The number of benzene rings is 2. The molecule has 5 rings (SSSR count). The molecule has 2 amide bonds. The van der Waals surface area contributed by atoms with Gasteiger partial charge >= 0.3 is 7.82 Å². The van der Waals surface area contributed by atoms with E-state index in [-0.39, 0.29) is 42.2 Å². The standard InChI is InChI=1S/C26H26N5O7P/c1-2-3-4-21-29-24-25(30(21)14-16-12-17(6-8-20(16)32)38-39(35,36)37)18-11-15(5-7-19(18)28-26(24)27)13-31-22(33)9-10-23(31)34/h5-12,32H,2-4,13-14H2,1H3,(H2,27,28)(H2,35,36,37). The van der Waals surface area contributed by atoms with E-state index in [1.165, 1.54) is 30.4 Å². The topological polar surface area (TPSA) is 181 Å². The van der Waals surface area contributed by atoms with Crippen LogP contribution in [-0.2, 0) is 33.7 Å². The fourth-order valence-corrected chi connectivity index (χ4v) is 5.01. The quantitative estimate of drug-likeness (QED) is 0.178. The molecule has 0 radical (unpaired) electrons. The van der Waals surface area contributed by atoms with E-state index < -0.39 is 7.82 Å². The number of phosphoric ester groups is 1. The van der Waals surface area contributed by atoms with Crippen LogP contribution in [0, 0.1) is 0 Å². The number of nitrogen functional groups attached to an aromatic ring is 1. The molecule has 3 heterocycles. The third kappa shape index (κ3) is 5.35. The molecule has 202 valence electrons. The average Bonchev–Trinajstić information content (AvgIpc) is 3.39. The van der Waals surface area contributed by atoms with Gasteiger partial charge in [0.1, 0.15) is 22.8 Å². The average molecular weight is 551 g/mol. The summed E-state index contributed by atoms with van der Waals surface area (Å²) in [7, 11) is -4.80. The summed E-state index contributed by atoms with van der Waals surface area (Å²) in [5.41, 5.74) is 9.03. The second kappa shape index (κ2) is 10.1. The van der Waals surface area contributed by atoms with Crippen LogP contribution in [-0.4, -0.2) is 46.1 Å². The second-order valence-electron chi connectivity index (χ2n) is 9.23. The molecule has 4 aromatic rings. The lowest BCUT2D eigenvalue weighted by Crippen LogP contribution is -2.29. The molecule has 2 aromatic carbocycles. The Kier molecular flexibility index (Phi) is 6.85. The van der Waals surface area contributed by atoms with Gasteiger partial charge in [-0.3, -0.25) is 24.3 Å². The number of aromatic nitrogens is 3. The number of amides is 2. The van der Waals surface area contributed by atoms with Crippen molar-refractivity contribution in [1.29, 1.82) is 0 Å². The van der Waals surface area contributed by atoms with Gasteiger partial charge in [0.15, 0.2) is 5.82 Å². The van der Waals surface area contributed by atoms with Gasteiger partial charge in [0.05, 0.1) is 24.1 Å². The molecule has 0 aliphatic carbocycles. The van der Waals surface area contributed by atoms with Crippen molar-refractivity contribution in [2.45, 2.75) is 39.3 Å². The number of carbonyl (C=O) groups is 2. The van der Waals surface area contributed by atoms with Gasteiger partial charge in [0.25, 0.3) is 11.8 Å². The van der Waals surface area contributed by atoms with E-state index in [1.807, 2.05) is 10.6 Å². The number of anilines is 1. The fraction of sp³-hybridized carbons (Fsp3) is 0.231. The maximum Gasteiger partial charge on any atom is 0.524 e. The number of hydrogen-bond donors (Lipinski definition) is 4. The molecule has 0 saturated heterocycles. The molecule has 12 nitrogen and oxygen atoms in total. The van der Waals surface area contributed by atoms with E-state index in [9.17, 15) is 29.0 Å². The van der Waals surface area contributed by atoms with Gasteiger partial charge in [-0.1, -0.05) is 19.4 Å². The minimum absolute atomic E-state index is 0.0753. The smallest absolute Gasteiger partial charge is 0.508 e. The molecule has 0 spiro atoms. The number of aromatic hydroxyl groups is 1. The Balaban J connectivity index is 1.66. The van der Waals surface area contributed by atoms with E-state index in [0.717, 1.165) is 17.7 Å². The van der Waals surface area contributed by atoms with Gasteiger partial charge in [0.2, 0.25) is 0 Å². The van der Waals surface area contributed by atoms with Crippen molar-refractivity contribution < 1.29 is 33.6 Å². The zero-order valence-corrected chi connectivity index (χ0v) is 21.8. The fourth-order valence-electron chi connectivity index (χ4n) is 4.62. The summed E-state index contributed by atoms with van der Waals surface area (Å²) in [5.74, 6) is -0.0629. The summed E-state index contributed by atoms with van der Waals surface area (Å²) in [4.78, 5) is 53.1. The summed E-state index contributed by atoms with van der Waals surface area (Å²) in [6.07, 6.45) is 4.81. The van der Waals surface area contributed by atoms with E-state index in [2.05, 4.69) is 11.9 Å². The molecule has 0 saturated carbocycles. The lowest BCUT2D eigenvalue weighted by atomic mass is 10.1. The van der Waals surface area contributed by atoms with Gasteiger partial charge < -0.3 is 19.9 Å². The van der Waals surface area contributed by atoms with Crippen molar-refractivity contribution in [3.8, 4) is 11.5 Å². The monoisotopic (exact) mass is 551 g/mol. The zero-order valence-electron chi connectivity index (χ0n) is 20.9. The Morgan fingerprint density at radius 1 is 1.03 bits per heavy atom. The first-order chi connectivity index (χ1) is 18.5. The Labute approximate surface area is 222 Å². The number of imidazole rings is 1. The molecule has 13 heteroatoms.